The molecule has 1 aliphatic carbocycles. The number of nitrogens with zero attached hydrogens (tertiary/aromatic N) is 3. The summed E-state index contributed by atoms with van der Waals surface area (Å²) in [7, 11) is 0. The fourth-order valence-electron chi connectivity index (χ4n) is 6.06. The van der Waals surface area contributed by atoms with Gasteiger partial charge in [0.1, 0.15) is 5.82 Å². The predicted molar refractivity (Wildman–Crippen MR) is 141 cm³/mol. The molecule has 0 unspecified atom stereocenters. The molecule has 1 saturated heterocycles. The molecule has 2 fully saturated rings. The second kappa shape index (κ2) is 11.3. The quantitative estimate of drug-likeness (QED) is 0.626. The van der Waals surface area contributed by atoms with Crippen LogP contribution in [0.15, 0.2) is 35.7 Å². The van der Waals surface area contributed by atoms with Crippen LogP contribution >= 0.6 is 11.3 Å². The normalized spacial score (nSPS) is 23.4. The van der Waals surface area contributed by atoms with Gasteiger partial charge in [-0.2, -0.15) is 0 Å². The summed E-state index contributed by atoms with van der Waals surface area (Å²) < 4.78 is 14.1. The van der Waals surface area contributed by atoms with Crippen molar-refractivity contribution >= 4 is 23.3 Å². The molecule has 1 aromatic heterocycles. The third-order valence-electron chi connectivity index (χ3n) is 8.02. The lowest BCUT2D eigenvalue weighted by Crippen LogP contribution is -2.59. The van der Waals surface area contributed by atoms with Crippen LogP contribution in [0, 0.1) is 5.82 Å². The number of piperazine rings is 1. The van der Waals surface area contributed by atoms with Gasteiger partial charge < -0.3 is 15.1 Å². The van der Waals surface area contributed by atoms with E-state index in [4.69, 9.17) is 0 Å². The largest absolute Gasteiger partial charge is 0.339 e. The molecule has 3 amide bonds. The summed E-state index contributed by atoms with van der Waals surface area (Å²) in [5.41, 5.74) is 2.17. The average molecular weight is 513 g/mol. The number of rotatable bonds is 5. The Morgan fingerprint density at radius 3 is 2.72 bits per heavy atom. The first kappa shape index (κ1) is 25.2. The molecule has 6 nitrogen and oxygen atoms in total. The first-order chi connectivity index (χ1) is 17.5. The number of nitrogens with one attached hydrogen (secondary N) is 1. The number of hydrogen-bond donors (Lipinski definition) is 1. The minimum atomic E-state index is -0.231. The topological polar surface area (TPSA) is 55.9 Å². The highest BCUT2D eigenvalue weighted by Gasteiger charge is 2.33. The van der Waals surface area contributed by atoms with Crippen molar-refractivity contribution in [2.24, 2.45) is 0 Å². The van der Waals surface area contributed by atoms with E-state index in [1.807, 2.05) is 22.8 Å². The Bertz CT molecular complexity index is 1070. The van der Waals surface area contributed by atoms with Crippen LogP contribution < -0.4 is 5.32 Å². The highest BCUT2D eigenvalue weighted by Crippen LogP contribution is 2.38. The van der Waals surface area contributed by atoms with Crippen molar-refractivity contribution in [1.82, 2.24) is 20.0 Å². The van der Waals surface area contributed by atoms with Gasteiger partial charge in [0.25, 0.3) is 0 Å². The molecular formula is C28H37FN4O2S. The van der Waals surface area contributed by atoms with Crippen molar-refractivity contribution < 1.29 is 14.0 Å². The minimum Gasteiger partial charge on any atom is -0.339 e. The predicted octanol–water partition coefficient (Wildman–Crippen LogP) is 4.80. The summed E-state index contributed by atoms with van der Waals surface area (Å²) in [6.07, 6.45) is 7.15. The number of halogens is 1. The first-order valence-corrected chi connectivity index (χ1v) is 14.3. The number of fused-ring (bicyclic) bond motifs is 1. The number of carbonyl (C=O) groups is 2. The Morgan fingerprint density at radius 1 is 1.11 bits per heavy atom. The van der Waals surface area contributed by atoms with Crippen LogP contribution in [0.5, 0.6) is 0 Å². The molecule has 194 valence electrons. The fraction of sp³-hybridized carbons (Fsp3) is 0.571. The van der Waals surface area contributed by atoms with Crippen LogP contribution in [0.4, 0.5) is 9.18 Å². The molecule has 1 aromatic carbocycles. The molecular weight excluding hydrogens is 475 g/mol. The molecule has 3 aliphatic rings. The van der Waals surface area contributed by atoms with E-state index < -0.39 is 0 Å². The van der Waals surface area contributed by atoms with Gasteiger partial charge in [-0.1, -0.05) is 31.4 Å². The molecule has 0 bridgehead atoms. The van der Waals surface area contributed by atoms with Crippen molar-refractivity contribution in [2.45, 2.75) is 70.0 Å². The maximum Gasteiger partial charge on any atom is 0.317 e. The maximum absolute atomic E-state index is 14.1. The average Bonchev–Trinajstić information content (AvgIpc) is 3.36. The molecule has 5 rings (SSSR count). The lowest BCUT2D eigenvalue weighted by Gasteiger charge is -2.41. The SMILES string of the molecule is C[C@@H]1CN(C(=O)CCN2CCc3sccc3[C@@H]2c2cccc(F)c2)CCN1C(=O)NC1CCCCC1. The van der Waals surface area contributed by atoms with Crippen LogP contribution in [0.3, 0.4) is 0 Å². The molecule has 1 saturated carbocycles. The van der Waals surface area contributed by atoms with Gasteiger partial charge in [0, 0.05) is 56.1 Å². The Balaban J connectivity index is 1.17. The van der Waals surface area contributed by atoms with Crippen molar-refractivity contribution in [3.8, 4) is 0 Å². The zero-order valence-corrected chi connectivity index (χ0v) is 21.9. The van der Waals surface area contributed by atoms with E-state index in [9.17, 15) is 14.0 Å². The summed E-state index contributed by atoms with van der Waals surface area (Å²) >= 11 is 1.76. The lowest BCUT2D eigenvalue weighted by atomic mass is 9.93. The summed E-state index contributed by atoms with van der Waals surface area (Å²) in [4.78, 5) is 33.5. The Morgan fingerprint density at radius 2 is 1.94 bits per heavy atom. The molecule has 2 atom stereocenters. The number of urea groups is 1. The van der Waals surface area contributed by atoms with Crippen LogP contribution in [0.1, 0.15) is 67.5 Å². The molecule has 3 heterocycles. The van der Waals surface area contributed by atoms with Crippen molar-refractivity contribution in [2.75, 3.05) is 32.7 Å². The smallest absolute Gasteiger partial charge is 0.317 e. The molecule has 2 aromatic rings. The van der Waals surface area contributed by atoms with Gasteiger partial charge in [-0.25, -0.2) is 9.18 Å². The zero-order chi connectivity index (χ0) is 25.1. The van der Waals surface area contributed by atoms with Crippen molar-refractivity contribution in [3.63, 3.8) is 0 Å². The van der Waals surface area contributed by atoms with Crippen molar-refractivity contribution in [1.29, 1.82) is 0 Å². The van der Waals surface area contributed by atoms with Gasteiger partial charge in [-0.15, -0.1) is 11.3 Å². The van der Waals surface area contributed by atoms with E-state index in [-0.39, 0.29) is 35.9 Å². The number of benzene rings is 1. The molecule has 36 heavy (non-hydrogen) atoms. The molecule has 0 spiro atoms. The van der Waals surface area contributed by atoms with Gasteiger partial charge >= 0.3 is 6.03 Å². The van der Waals surface area contributed by atoms with Gasteiger partial charge in [0.05, 0.1) is 6.04 Å². The number of thiophene rings is 1. The third kappa shape index (κ3) is 5.59. The second-order valence-electron chi connectivity index (χ2n) is 10.5. The summed E-state index contributed by atoms with van der Waals surface area (Å²) in [6, 6.07) is 9.25. The Hall–Kier alpha value is -2.45. The van der Waals surface area contributed by atoms with Gasteiger partial charge in [-0.3, -0.25) is 9.69 Å². The van der Waals surface area contributed by atoms with E-state index in [1.165, 1.54) is 35.8 Å². The summed E-state index contributed by atoms with van der Waals surface area (Å²) in [5, 5.41) is 5.32. The standard InChI is InChI=1S/C28H37FN4O2S/c1-20-19-32(15-16-33(20)28(35)30-23-8-3-2-4-9-23)26(34)11-14-31-13-10-25-24(12-17-36-25)27(31)21-6-5-7-22(29)18-21/h5-7,12,17-18,20,23,27H,2-4,8-11,13-16,19H2,1H3,(H,30,35)/t20-,27+/m1/s1. The van der Waals surface area contributed by atoms with Gasteiger partial charge in [0.15, 0.2) is 0 Å². The van der Waals surface area contributed by atoms with Gasteiger partial charge in [0.2, 0.25) is 5.91 Å². The van der Waals surface area contributed by atoms with E-state index in [0.29, 0.717) is 32.6 Å². The zero-order valence-electron chi connectivity index (χ0n) is 21.1. The molecule has 2 aliphatic heterocycles. The highest BCUT2D eigenvalue weighted by molar-refractivity contribution is 7.10. The molecule has 8 heteroatoms. The monoisotopic (exact) mass is 512 g/mol. The number of amides is 3. The Kier molecular flexibility index (Phi) is 7.91. The molecule has 1 N–H and O–H groups in total. The van der Waals surface area contributed by atoms with Crippen LogP contribution in [0.2, 0.25) is 0 Å². The second-order valence-corrected chi connectivity index (χ2v) is 11.5. The Labute approximate surface area is 217 Å². The minimum absolute atomic E-state index is 0.00492. The van der Waals surface area contributed by atoms with E-state index in [0.717, 1.165) is 31.4 Å². The summed E-state index contributed by atoms with van der Waals surface area (Å²) in [5.74, 6) is -0.103. The van der Waals surface area contributed by atoms with E-state index in [2.05, 4.69) is 21.7 Å². The van der Waals surface area contributed by atoms with E-state index in [1.54, 1.807) is 23.5 Å². The summed E-state index contributed by atoms with van der Waals surface area (Å²) in [6.45, 7) is 5.23. The van der Waals surface area contributed by atoms with Crippen LogP contribution in [-0.4, -0.2) is 71.4 Å². The van der Waals surface area contributed by atoms with Crippen LogP contribution in [-0.2, 0) is 11.2 Å². The molecule has 0 radical (unpaired) electrons. The number of carbonyl (C=O) groups excluding carboxylic acids is 2. The maximum atomic E-state index is 14.1. The fourth-order valence-corrected chi connectivity index (χ4v) is 6.97. The lowest BCUT2D eigenvalue weighted by molar-refractivity contribution is -0.134. The van der Waals surface area contributed by atoms with Crippen LogP contribution in [0.25, 0.3) is 0 Å². The first-order valence-electron chi connectivity index (χ1n) is 13.4. The third-order valence-corrected chi connectivity index (χ3v) is 9.01. The van der Waals surface area contributed by atoms with E-state index >= 15 is 0 Å². The highest BCUT2D eigenvalue weighted by atomic mass is 32.1. The van der Waals surface area contributed by atoms with Gasteiger partial charge in [-0.05, 0) is 60.9 Å². The number of hydrogen-bond acceptors (Lipinski definition) is 4. The van der Waals surface area contributed by atoms with Crippen molar-refractivity contribution in [3.05, 3.63) is 57.5 Å².